The molecule has 0 bridgehead atoms. The van der Waals surface area contributed by atoms with Gasteiger partial charge in [-0.2, -0.15) is 0 Å². The van der Waals surface area contributed by atoms with Crippen molar-refractivity contribution in [2.75, 3.05) is 7.11 Å². The maximum atomic E-state index is 13.1. The van der Waals surface area contributed by atoms with Crippen molar-refractivity contribution in [1.82, 2.24) is 9.55 Å². The standard InChI is InChI=1S/C19H16N2O2S2/c1-12-6-7-16(25-12)15-10-24-18-17(15)19(22)21(11-20-18)9-13-4-3-5-14(8-13)23-2/h3-8,10-11H,9H2,1-2H3. The molecule has 4 rings (SSSR count). The number of hydrogen-bond donors (Lipinski definition) is 0. The fraction of sp³-hybridized carbons (Fsp3) is 0.158. The van der Waals surface area contributed by atoms with E-state index >= 15 is 0 Å². The van der Waals surface area contributed by atoms with Gasteiger partial charge in [0.25, 0.3) is 5.56 Å². The molecule has 6 heteroatoms. The predicted molar refractivity (Wildman–Crippen MR) is 104 cm³/mol. The number of rotatable bonds is 4. The zero-order chi connectivity index (χ0) is 17.4. The van der Waals surface area contributed by atoms with E-state index in [0.29, 0.717) is 11.9 Å². The van der Waals surface area contributed by atoms with Gasteiger partial charge in [-0.1, -0.05) is 12.1 Å². The van der Waals surface area contributed by atoms with Crippen LogP contribution in [0.3, 0.4) is 0 Å². The van der Waals surface area contributed by atoms with Crippen LogP contribution in [0.15, 0.2) is 52.9 Å². The number of benzene rings is 1. The van der Waals surface area contributed by atoms with Gasteiger partial charge < -0.3 is 4.74 Å². The average molecular weight is 368 g/mol. The zero-order valence-electron chi connectivity index (χ0n) is 13.9. The fourth-order valence-corrected chi connectivity index (χ4v) is 4.67. The van der Waals surface area contributed by atoms with Crippen molar-refractivity contribution in [3.8, 4) is 16.2 Å². The van der Waals surface area contributed by atoms with Gasteiger partial charge in [0.15, 0.2) is 0 Å². The topological polar surface area (TPSA) is 44.1 Å². The molecule has 0 spiro atoms. The fourth-order valence-electron chi connectivity index (χ4n) is 2.81. The first-order valence-electron chi connectivity index (χ1n) is 7.82. The molecule has 0 aliphatic rings. The van der Waals surface area contributed by atoms with E-state index in [1.807, 2.05) is 29.6 Å². The maximum Gasteiger partial charge on any atom is 0.263 e. The van der Waals surface area contributed by atoms with Gasteiger partial charge in [0.2, 0.25) is 0 Å². The molecule has 0 saturated carbocycles. The van der Waals surface area contributed by atoms with E-state index in [0.717, 1.165) is 26.6 Å². The predicted octanol–water partition coefficient (Wildman–Crippen LogP) is 4.55. The summed E-state index contributed by atoms with van der Waals surface area (Å²) >= 11 is 3.21. The molecule has 126 valence electrons. The maximum absolute atomic E-state index is 13.1. The molecule has 25 heavy (non-hydrogen) atoms. The zero-order valence-corrected chi connectivity index (χ0v) is 15.5. The smallest absolute Gasteiger partial charge is 0.263 e. The normalized spacial score (nSPS) is 11.1. The Morgan fingerprint density at radius 3 is 2.88 bits per heavy atom. The Morgan fingerprint density at radius 2 is 2.12 bits per heavy atom. The van der Waals surface area contributed by atoms with Crippen molar-refractivity contribution in [3.05, 3.63) is 68.9 Å². The van der Waals surface area contributed by atoms with Crippen LogP contribution in [-0.2, 0) is 6.54 Å². The van der Waals surface area contributed by atoms with Crippen LogP contribution in [-0.4, -0.2) is 16.7 Å². The van der Waals surface area contributed by atoms with E-state index in [1.165, 1.54) is 16.2 Å². The second kappa shape index (κ2) is 6.46. The Balaban J connectivity index is 1.80. The van der Waals surface area contributed by atoms with Gasteiger partial charge in [-0.3, -0.25) is 9.36 Å². The minimum Gasteiger partial charge on any atom is -0.497 e. The van der Waals surface area contributed by atoms with Crippen LogP contribution in [0.5, 0.6) is 5.75 Å². The molecule has 0 fully saturated rings. The lowest BCUT2D eigenvalue weighted by atomic mass is 10.2. The first-order valence-corrected chi connectivity index (χ1v) is 9.51. The number of thiophene rings is 2. The van der Waals surface area contributed by atoms with Gasteiger partial charge in [-0.05, 0) is 36.8 Å². The highest BCUT2D eigenvalue weighted by atomic mass is 32.1. The Bertz CT molecular complexity index is 1110. The third kappa shape index (κ3) is 2.99. The molecule has 0 atom stereocenters. The van der Waals surface area contributed by atoms with Crippen molar-refractivity contribution in [1.29, 1.82) is 0 Å². The van der Waals surface area contributed by atoms with E-state index in [4.69, 9.17) is 4.74 Å². The van der Waals surface area contributed by atoms with Gasteiger partial charge in [0.1, 0.15) is 10.6 Å². The molecule has 0 unspecified atom stereocenters. The van der Waals surface area contributed by atoms with Crippen LogP contribution in [0.1, 0.15) is 10.4 Å². The third-order valence-corrected chi connectivity index (χ3v) is 5.97. The lowest BCUT2D eigenvalue weighted by Crippen LogP contribution is -2.20. The summed E-state index contributed by atoms with van der Waals surface area (Å²) in [4.78, 5) is 20.7. The van der Waals surface area contributed by atoms with Crippen molar-refractivity contribution in [2.24, 2.45) is 0 Å². The summed E-state index contributed by atoms with van der Waals surface area (Å²) in [5.74, 6) is 0.782. The molecule has 1 aromatic carbocycles. The number of ether oxygens (including phenoxy) is 1. The van der Waals surface area contributed by atoms with Gasteiger partial charge in [0, 0.05) is 20.7 Å². The number of nitrogens with zero attached hydrogens (tertiary/aromatic N) is 2. The van der Waals surface area contributed by atoms with Crippen LogP contribution < -0.4 is 10.3 Å². The quantitative estimate of drug-likeness (QED) is 0.531. The highest BCUT2D eigenvalue weighted by Gasteiger charge is 2.14. The summed E-state index contributed by atoms with van der Waals surface area (Å²) in [6.45, 7) is 2.54. The van der Waals surface area contributed by atoms with Crippen molar-refractivity contribution < 1.29 is 4.74 Å². The summed E-state index contributed by atoms with van der Waals surface area (Å²) in [7, 11) is 1.64. The largest absolute Gasteiger partial charge is 0.497 e. The minimum absolute atomic E-state index is 0.00452. The number of hydrogen-bond acceptors (Lipinski definition) is 5. The van der Waals surface area contributed by atoms with Gasteiger partial charge in [0.05, 0.1) is 25.4 Å². The van der Waals surface area contributed by atoms with Crippen molar-refractivity contribution >= 4 is 32.9 Å². The lowest BCUT2D eigenvalue weighted by Gasteiger charge is -2.07. The van der Waals surface area contributed by atoms with Crippen molar-refractivity contribution in [3.63, 3.8) is 0 Å². The van der Waals surface area contributed by atoms with Gasteiger partial charge >= 0.3 is 0 Å². The first-order chi connectivity index (χ1) is 12.2. The molecule has 3 heterocycles. The SMILES string of the molecule is COc1cccc(Cn2cnc3scc(-c4ccc(C)s4)c3c2=O)c1. The second-order valence-electron chi connectivity index (χ2n) is 5.77. The summed E-state index contributed by atoms with van der Waals surface area (Å²) in [5, 5.41) is 2.73. The van der Waals surface area contributed by atoms with E-state index in [1.54, 1.807) is 29.3 Å². The number of fused-ring (bicyclic) bond motifs is 1. The van der Waals surface area contributed by atoms with E-state index in [-0.39, 0.29) is 5.56 Å². The molecule has 4 aromatic rings. The monoisotopic (exact) mass is 368 g/mol. The molecule has 3 aromatic heterocycles. The molecule has 4 nitrogen and oxygen atoms in total. The van der Waals surface area contributed by atoms with Crippen molar-refractivity contribution in [2.45, 2.75) is 13.5 Å². The Morgan fingerprint density at radius 1 is 1.24 bits per heavy atom. The van der Waals surface area contributed by atoms with Crippen LogP contribution in [0.25, 0.3) is 20.7 Å². The molecule has 0 radical (unpaired) electrons. The molecule has 0 saturated heterocycles. The summed E-state index contributed by atoms with van der Waals surface area (Å²) in [6.07, 6.45) is 1.63. The molecule has 0 amide bonds. The molecular formula is C19H16N2O2S2. The highest BCUT2D eigenvalue weighted by molar-refractivity contribution is 7.19. The Labute approximate surface area is 153 Å². The summed E-state index contributed by atoms with van der Waals surface area (Å²) in [5.41, 5.74) is 1.98. The van der Waals surface area contributed by atoms with E-state index in [9.17, 15) is 4.79 Å². The van der Waals surface area contributed by atoms with Gasteiger partial charge in [-0.25, -0.2) is 4.98 Å². The molecule has 0 aliphatic heterocycles. The van der Waals surface area contributed by atoms with Crippen LogP contribution >= 0.6 is 22.7 Å². The van der Waals surface area contributed by atoms with E-state index < -0.39 is 0 Å². The molecule has 0 N–H and O–H groups in total. The van der Waals surface area contributed by atoms with Gasteiger partial charge in [-0.15, -0.1) is 22.7 Å². The van der Waals surface area contributed by atoms with Crippen LogP contribution in [0.2, 0.25) is 0 Å². The molecular weight excluding hydrogens is 352 g/mol. The second-order valence-corrected chi connectivity index (χ2v) is 7.91. The Kier molecular flexibility index (Phi) is 4.15. The summed E-state index contributed by atoms with van der Waals surface area (Å²) < 4.78 is 6.92. The molecule has 0 aliphatic carbocycles. The van der Waals surface area contributed by atoms with E-state index in [2.05, 4.69) is 24.0 Å². The number of aryl methyl sites for hydroxylation is 1. The lowest BCUT2D eigenvalue weighted by molar-refractivity contribution is 0.414. The van der Waals surface area contributed by atoms with Crippen LogP contribution in [0.4, 0.5) is 0 Å². The summed E-state index contributed by atoms with van der Waals surface area (Å²) in [6, 6.07) is 11.9. The average Bonchev–Trinajstić information content (AvgIpc) is 3.24. The number of aromatic nitrogens is 2. The van der Waals surface area contributed by atoms with Crippen LogP contribution in [0, 0.1) is 6.92 Å². The Hall–Kier alpha value is -2.44. The number of methoxy groups -OCH3 is 1. The minimum atomic E-state index is -0.00452. The third-order valence-electron chi connectivity index (χ3n) is 4.05. The highest BCUT2D eigenvalue weighted by Crippen LogP contribution is 2.34. The first kappa shape index (κ1) is 16.1.